The molecule has 1 fully saturated rings. The molecule has 0 atom stereocenters. The number of rotatable bonds is 4. The van der Waals surface area contributed by atoms with E-state index >= 15 is 0 Å². The zero-order chi connectivity index (χ0) is 10.8. The van der Waals surface area contributed by atoms with E-state index in [1.54, 1.807) is 6.20 Å². The van der Waals surface area contributed by atoms with E-state index in [-0.39, 0.29) is 0 Å². The van der Waals surface area contributed by atoms with Gasteiger partial charge < -0.3 is 0 Å². The summed E-state index contributed by atoms with van der Waals surface area (Å²) in [7, 11) is 0. The summed E-state index contributed by atoms with van der Waals surface area (Å²) in [5.74, 6) is 1.39. The molecule has 15 heavy (non-hydrogen) atoms. The quantitative estimate of drug-likeness (QED) is 0.739. The lowest BCUT2D eigenvalue weighted by molar-refractivity contribution is 0.107. The van der Waals surface area contributed by atoms with Crippen molar-refractivity contribution in [1.82, 2.24) is 9.97 Å². The number of nitrogens with zero attached hydrogens (tertiary/aromatic N) is 2. The first-order valence-electron chi connectivity index (χ1n) is 5.28. The van der Waals surface area contributed by atoms with Gasteiger partial charge in [-0.25, -0.2) is 9.97 Å². The first-order chi connectivity index (χ1) is 7.22. The molecule has 0 aromatic carbocycles. The first-order valence-corrected chi connectivity index (χ1v) is 5.65. The molecule has 80 valence electrons. The molecule has 0 bridgehead atoms. The van der Waals surface area contributed by atoms with Crippen molar-refractivity contribution in [2.45, 2.75) is 38.5 Å². The molecule has 1 aliphatic carbocycles. The van der Waals surface area contributed by atoms with Crippen molar-refractivity contribution < 1.29 is 4.79 Å². The maximum absolute atomic E-state index is 11.1. The Bertz CT molecular complexity index is 388. The zero-order valence-electron chi connectivity index (χ0n) is 8.66. The maximum atomic E-state index is 11.1. The molecule has 1 aromatic rings. The standard InChI is InChI=1S/C11H13ClN2O/c1-2-3-9-8(10(12)15)6-13-11(14-9)7-4-5-7/h6-7H,2-5H2,1H3. The highest BCUT2D eigenvalue weighted by atomic mass is 35.5. The SMILES string of the molecule is CCCc1nc(C2CC2)ncc1C(=O)Cl. The molecule has 4 heteroatoms. The Kier molecular flexibility index (Phi) is 3.00. The van der Waals surface area contributed by atoms with Crippen LogP contribution in [0.15, 0.2) is 6.20 Å². The highest BCUT2D eigenvalue weighted by molar-refractivity contribution is 6.67. The molecule has 1 heterocycles. The summed E-state index contributed by atoms with van der Waals surface area (Å²) >= 11 is 5.47. The minimum absolute atomic E-state index is 0.458. The summed E-state index contributed by atoms with van der Waals surface area (Å²) < 4.78 is 0. The van der Waals surface area contributed by atoms with Gasteiger partial charge in [-0.1, -0.05) is 13.3 Å². The average Bonchev–Trinajstić information content (AvgIpc) is 3.01. The summed E-state index contributed by atoms with van der Waals surface area (Å²) in [4.78, 5) is 19.7. The molecule has 2 rings (SSSR count). The zero-order valence-corrected chi connectivity index (χ0v) is 9.42. The van der Waals surface area contributed by atoms with Crippen LogP contribution >= 0.6 is 11.6 Å². The van der Waals surface area contributed by atoms with Crippen LogP contribution in [-0.4, -0.2) is 15.2 Å². The molecule has 0 aliphatic heterocycles. The van der Waals surface area contributed by atoms with E-state index in [1.807, 2.05) is 0 Å². The van der Waals surface area contributed by atoms with Gasteiger partial charge in [0.05, 0.1) is 11.3 Å². The minimum Gasteiger partial charge on any atom is -0.275 e. The average molecular weight is 225 g/mol. The second-order valence-corrected chi connectivity index (χ2v) is 4.23. The smallest absolute Gasteiger partial charge is 0.255 e. The molecule has 1 aromatic heterocycles. The van der Waals surface area contributed by atoms with Crippen molar-refractivity contribution in [3.63, 3.8) is 0 Å². The Hall–Kier alpha value is -0.960. The summed E-state index contributed by atoms with van der Waals surface area (Å²) in [6.45, 7) is 2.06. The topological polar surface area (TPSA) is 42.9 Å². The fourth-order valence-corrected chi connectivity index (χ4v) is 1.72. The number of aryl methyl sites for hydroxylation is 1. The third-order valence-electron chi connectivity index (χ3n) is 2.53. The number of hydrogen-bond donors (Lipinski definition) is 0. The van der Waals surface area contributed by atoms with Crippen LogP contribution in [-0.2, 0) is 6.42 Å². The molecule has 0 saturated heterocycles. The van der Waals surface area contributed by atoms with Crippen molar-refractivity contribution in [3.8, 4) is 0 Å². The minimum atomic E-state index is -0.458. The van der Waals surface area contributed by atoms with E-state index in [0.29, 0.717) is 11.5 Å². The lowest BCUT2D eigenvalue weighted by Gasteiger charge is -2.05. The predicted octanol–water partition coefficient (Wildman–Crippen LogP) is 2.69. The van der Waals surface area contributed by atoms with Crippen molar-refractivity contribution in [2.24, 2.45) is 0 Å². The monoisotopic (exact) mass is 224 g/mol. The summed E-state index contributed by atoms with van der Waals surface area (Å²) in [5, 5.41) is -0.458. The second kappa shape index (κ2) is 4.27. The Balaban J connectivity index is 2.34. The number of halogens is 1. The molecular formula is C11H13ClN2O. The third kappa shape index (κ3) is 2.34. The first kappa shape index (κ1) is 10.6. The molecule has 0 radical (unpaired) electrons. The van der Waals surface area contributed by atoms with E-state index in [2.05, 4.69) is 16.9 Å². The van der Waals surface area contributed by atoms with Crippen LogP contribution in [0, 0.1) is 0 Å². The van der Waals surface area contributed by atoms with Crippen LogP contribution in [0.25, 0.3) is 0 Å². The Morgan fingerprint density at radius 1 is 1.60 bits per heavy atom. The van der Waals surface area contributed by atoms with Crippen molar-refractivity contribution in [2.75, 3.05) is 0 Å². The van der Waals surface area contributed by atoms with Crippen molar-refractivity contribution in [3.05, 3.63) is 23.3 Å². The van der Waals surface area contributed by atoms with Gasteiger partial charge in [0, 0.05) is 12.1 Å². The van der Waals surface area contributed by atoms with Crippen LogP contribution in [0.3, 0.4) is 0 Å². The van der Waals surface area contributed by atoms with Crippen LogP contribution < -0.4 is 0 Å². The maximum Gasteiger partial charge on any atom is 0.255 e. The molecule has 1 aliphatic rings. The number of hydrogen-bond acceptors (Lipinski definition) is 3. The van der Waals surface area contributed by atoms with Gasteiger partial charge in [0.2, 0.25) is 0 Å². The highest BCUT2D eigenvalue weighted by Gasteiger charge is 2.27. The van der Waals surface area contributed by atoms with Crippen LogP contribution in [0.1, 0.15) is 54.0 Å². The summed E-state index contributed by atoms with van der Waals surface area (Å²) in [6.07, 6.45) is 5.65. The Morgan fingerprint density at radius 3 is 2.87 bits per heavy atom. The fraction of sp³-hybridized carbons (Fsp3) is 0.545. The predicted molar refractivity (Wildman–Crippen MR) is 58.2 cm³/mol. The lowest BCUT2D eigenvalue weighted by Crippen LogP contribution is -2.05. The van der Waals surface area contributed by atoms with E-state index in [1.165, 1.54) is 12.8 Å². The molecule has 0 spiro atoms. The van der Waals surface area contributed by atoms with Gasteiger partial charge >= 0.3 is 0 Å². The normalized spacial score (nSPS) is 15.3. The van der Waals surface area contributed by atoms with E-state index in [9.17, 15) is 4.79 Å². The highest BCUT2D eigenvalue weighted by Crippen LogP contribution is 2.38. The summed E-state index contributed by atoms with van der Waals surface area (Å²) in [5.41, 5.74) is 1.26. The van der Waals surface area contributed by atoms with Crippen LogP contribution in [0.5, 0.6) is 0 Å². The number of aromatic nitrogens is 2. The van der Waals surface area contributed by atoms with Gasteiger partial charge in [0.1, 0.15) is 5.82 Å². The summed E-state index contributed by atoms with van der Waals surface area (Å²) in [6, 6.07) is 0. The second-order valence-electron chi connectivity index (χ2n) is 3.89. The van der Waals surface area contributed by atoms with Gasteiger partial charge in [-0.2, -0.15) is 0 Å². The molecular weight excluding hydrogens is 212 g/mol. The largest absolute Gasteiger partial charge is 0.275 e. The van der Waals surface area contributed by atoms with Gasteiger partial charge in [-0.15, -0.1) is 0 Å². The van der Waals surface area contributed by atoms with E-state index in [0.717, 1.165) is 24.4 Å². The number of carbonyl (C=O) groups excluding carboxylic acids is 1. The van der Waals surface area contributed by atoms with Crippen LogP contribution in [0.4, 0.5) is 0 Å². The van der Waals surface area contributed by atoms with Crippen molar-refractivity contribution in [1.29, 1.82) is 0 Å². The fourth-order valence-electron chi connectivity index (χ4n) is 1.56. The lowest BCUT2D eigenvalue weighted by atomic mass is 10.1. The third-order valence-corrected chi connectivity index (χ3v) is 2.73. The van der Waals surface area contributed by atoms with Gasteiger partial charge in [-0.3, -0.25) is 4.79 Å². The van der Waals surface area contributed by atoms with Crippen LogP contribution in [0.2, 0.25) is 0 Å². The van der Waals surface area contributed by atoms with Gasteiger partial charge in [0.15, 0.2) is 0 Å². The molecule has 0 unspecified atom stereocenters. The Labute approximate surface area is 93.9 Å². The molecule has 0 N–H and O–H groups in total. The molecule has 0 amide bonds. The Morgan fingerprint density at radius 2 is 2.33 bits per heavy atom. The van der Waals surface area contributed by atoms with Gasteiger partial charge in [0.25, 0.3) is 5.24 Å². The van der Waals surface area contributed by atoms with E-state index in [4.69, 9.17) is 11.6 Å². The number of carbonyl (C=O) groups is 1. The molecule has 3 nitrogen and oxygen atoms in total. The van der Waals surface area contributed by atoms with Gasteiger partial charge in [-0.05, 0) is 30.9 Å². The molecule has 1 saturated carbocycles. The van der Waals surface area contributed by atoms with E-state index < -0.39 is 5.24 Å². The van der Waals surface area contributed by atoms with Crippen molar-refractivity contribution >= 4 is 16.8 Å².